The van der Waals surface area contributed by atoms with Gasteiger partial charge >= 0.3 is 0 Å². The molecule has 2 aromatic rings. The summed E-state index contributed by atoms with van der Waals surface area (Å²) < 4.78 is 25.7. The summed E-state index contributed by atoms with van der Waals surface area (Å²) in [5.41, 5.74) is 2.26. The van der Waals surface area contributed by atoms with Gasteiger partial charge in [0.1, 0.15) is 0 Å². The van der Waals surface area contributed by atoms with Crippen LogP contribution >= 0.6 is 0 Å². The third-order valence-electron chi connectivity index (χ3n) is 3.78. The Morgan fingerprint density at radius 3 is 2.09 bits per heavy atom. The van der Waals surface area contributed by atoms with E-state index >= 15 is 0 Å². The predicted molar refractivity (Wildman–Crippen MR) is 93.5 cm³/mol. The first-order valence-corrected chi connectivity index (χ1v) is 9.15. The maximum Gasteiger partial charge on any atom is 0.242 e. The van der Waals surface area contributed by atoms with E-state index in [2.05, 4.69) is 24.0 Å². The van der Waals surface area contributed by atoms with E-state index < -0.39 is 10.0 Å². The van der Waals surface area contributed by atoms with Gasteiger partial charge in [0, 0.05) is 27.2 Å². The number of nitrogens with zero attached hydrogens (tertiary/aromatic N) is 2. The summed E-state index contributed by atoms with van der Waals surface area (Å²) in [4.78, 5) is 2.63. The van der Waals surface area contributed by atoms with E-state index in [4.69, 9.17) is 0 Å². The fourth-order valence-electron chi connectivity index (χ4n) is 2.39. The summed E-state index contributed by atoms with van der Waals surface area (Å²) in [6, 6.07) is 17.5. The highest BCUT2D eigenvalue weighted by Crippen LogP contribution is 2.17. The minimum Gasteiger partial charge on any atom is -0.295 e. The lowest BCUT2D eigenvalue weighted by atomic mass is 10.1. The molecule has 0 saturated carbocycles. The largest absolute Gasteiger partial charge is 0.295 e. The average molecular weight is 332 g/mol. The van der Waals surface area contributed by atoms with Crippen molar-refractivity contribution in [1.29, 1.82) is 0 Å². The van der Waals surface area contributed by atoms with Crippen LogP contribution in [0.15, 0.2) is 59.5 Å². The van der Waals surface area contributed by atoms with Crippen LogP contribution in [0.2, 0.25) is 0 Å². The third kappa shape index (κ3) is 4.64. The highest BCUT2D eigenvalue weighted by atomic mass is 32.2. The molecule has 0 unspecified atom stereocenters. The lowest BCUT2D eigenvalue weighted by molar-refractivity contribution is 0.271. The second kappa shape index (κ2) is 7.73. The van der Waals surface area contributed by atoms with E-state index in [1.165, 1.54) is 9.87 Å². The normalized spacial score (nSPS) is 12.0. The van der Waals surface area contributed by atoms with Crippen LogP contribution in [0.1, 0.15) is 18.1 Å². The first-order valence-electron chi connectivity index (χ1n) is 7.71. The molecule has 0 aromatic heterocycles. The zero-order valence-corrected chi connectivity index (χ0v) is 14.8. The lowest BCUT2D eigenvalue weighted by Gasteiger charge is -2.21. The molecule has 2 aromatic carbocycles. The van der Waals surface area contributed by atoms with Crippen LogP contribution in [0.3, 0.4) is 0 Å². The van der Waals surface area contributed by atoms with E-state index in [1.807, 2.05) is 30.3 Å². The summed E-state index contributed by atoms with van der Waals surface area (Å²) >= 11 is 0. The fourth-order valence-corrected chi connectivity index (χ4v) is 3.37. The highest BCUT2D eigenvalue weighted by molar-refractivity contribution is 7.89. The Morgan fingerprint density at radius 1 is 0.870 bits per heavy atom. The fraction of sp³-hybridized carbons (Fsp3) is 0.333. The van der Waals surface area contributed by atoms with E-state index in [9.17, 15) is 8.42 Å². The van der Waals surface area contributed by atoms with Gasteiger partial charge in [-0.3, -0.25) is 4.90 Å². The van der Waals surface area contributed by atoms with Gasteiger partial charge in [0.25, 0.3) is 0 Å². The number of benzene rings is 2. The van der Waals surface area contributed by atoms with E-state index in [0.29, 0.717) is 4.90 Å². The maximum absolute atomic E-state index is 12.2. The third-order valence-corrected chi connectivity index (χ3v) is 5.59. The Hall–Kier alpha value is -1.69. The molecule has 4 nitrogen and oxygen atoms in total. The summed E-state index contributed by atoms with van der Waals surface area (Å²) in [5.74, 6) is 0. The van der Waals surface area contributed by atoms with Crippen molar-refractivity contribution < 1.29 is 8.42 Å². The van der Waals surface area contributed by atoms with Gasteiger partial charge in [0.2, 0.25) is 10.0 Å². The molecule has 0 N–H and O–H groups in total. The van der Waals surface area contributed by atoms with Crippen LogP contribution in [0.5, 0.6) is 0 Å². The van der Waals surface area contributed by atoms with E-state index in [0.717, 1.165) is 25.2 Å². The van der Waals surface area contributed by atoms with Crippen LogP contribution in [0.25, 0.3) is 0 Å². The minimum atomic E-state index is -3.39. The molecule has 0 aliphatic carbocycles. The Balaban J connectivity index is 2.16. The molecule has 0 amide bonds. The first-order chi connectivity index (χ1) is 10.9. The van der Waals surface area contributed by atoms with Gasteiger partial charge < -0.3 is 0 Å². The minimum absolute atomic E-state index is 0.343. The van der Waals surface area contributed by atoms with Crippen molar-refractivity contribution in [2.45, 2.75) is 24.9 Å². The molecule has 0 aliphatic rings. The van der Waals surface area contributed by atoms with Crippen molar-refractivity contribution in [2.24, 2.45) is 0 Å². The standard InChI is InChI=1S/C18H24N2O2S/c1-4-20(14-16-9-6-5-7-10-16)15-17-11-8-12-18(13-17)23(21,22)19(2)3/h5-13H,4,14-15H2,1-3H3. The second-order valence-corrected chi connectivity index (χ2v) is 7.88. The van der Waals surface area contributed by atoms with Gasteiger partial charge in [0.15, 0.2) is 0 Å². The van der Waals surface area contributed by atoms with Crippen LogP contribution in [-0.2, 0) is 23.1 Å². The van der Waals surface area contributed by atoms with Gasteiger partial charge in [-0.15, -0.1) is 0 Å². The van der Waals surface area contributed by atoms with Crippen molar-refractivity contribution in [3.63, 3.8) is 0 Å². The Morgan fingerprint density at radius 2 is 1.48 bits per heavy atom. The summed E-state index contributed by atoms with van der Waals surface area (Å²) in [6.07, 6.45) is 0. The zero-order chi connectivity index (χ0) is 16.9. The molecule has 0 atom stereocenters. The molecule has 0 bridgehead atoms. The zero-order valence-electron chi connectivity index (χ0n) is 13.9. The Labute approximate surface area is 139 Å². The first kappa shape index (κ1) is 17.7. The van der Waals surface area contributed by atoms with Crippen molar-refractivity contribution in [2.75, 3.05) is 20.6 Å². The number of rotatable bonds is 7. The molecule has 0 aliphatic heterocycles. The molecule has 0 saturated heterocycles. The SMILES string of the molecule is CCN(Cc1ccccc1)Cc1cccc(S(=O)(=O)N(C)C)c1. The van der Waals surface area contributed by atoms with E-state index in [-0.39, 0.29) is 0 Å². The molecule has 0 spiro atoms. The number of hydrogen-bond donors (Lipinski definition) is 0. The molecule has 124 valence electrons. The van der Waals surface area contributed by atoms with Gasteiger partial charge in [-0.25, -0.2) is 12.7 Å². The van der Waals surface area contributed by atoms with Crippen LogP contribution in [-0.4, -0.2) is 38.3 Å². The lowest BCUT2D eigenvalue weighted by Crippen LogP contribution is -2.24. The number of hydrogen-bond acceptors (Lipinski definition) is 3. The second-order valence-electron chi connectivity index (χ2n) is 5.72. The van der Waals surface area contributed by atoms with Gasteiger partial charge in [-0.05, 0) is 29.8 Å². The monoisotopic (exact) mass is 332 g/mol. The average Bonchev–Trinajstić information content (AvgIpc) is 2.55. The molecular weight excluding hydrogens is 308 g/mol. The molecule has 23 heavy (non-hydrogen) atoms. The predicted octanol–water partition coefficient (Wildman–Crippen LogP) is 2.96. The van der Waals surface area contributed by atoms with Crippen molar-refractivity contribution in [3.8, 4) is 0 Å². The Kier molecular flexibility index (Phi) is 5.93. The molecule has 0 fully saturated rings. The topological polar surface area (TPSA) is 40.6 Å². The van der Waals surface area contributed by atoms with Crippen molar-refractivity contribution in [1.82, 2.24) is 9.21 Å². The quantitative estimate of drug-likeness (QED) is 0.783. The smallest absolute Gasteiger partial charge is 0.242 e. The molecule has 2 rings (SSSR count). The van der Waals surface area contributed by atoms with Crippen molar-refractivity contribution >= 4 is 10.0 Å². The van der Waals surface area contributed by atoms with Crippen LogP contribution in [0, 0.1) is 0 Å². The van der Waals surface area contributed by atoms with Gasteiger partial charge in [0.05, 0.1) is 4.90 Å². The molecular formula is C18H24N2O2S. The Bertz CT molecular complexity index is 728. The van der Waals surface area contributed by atoms with Gasteiger partial charge in [-0.1, -0.05) is 49.4 Å². The molecule has 0 heterocycles. The summed E-state index contributed by atoms with van der Waals surface area (Å²) in [7, 11) is -0.283. The summed E-state index contributed by atoms with van der Waals surface area (Å²) in [5, 5.41) is 0. The van der Waals surface area contributed by atoms with Crippen LogP contribution in [0.4, 0.5) is 0 Å². The summed E-state index contributed by atoms with van der Waals surface area (Å²) in [6.45, 7) is 4.59. The van der Waals surface area contributed by atoms with Crippen LogP contribution < -0.4 is 0 Å². The van der Waals surface area contributed by atoms with Gasteiger partial charge in [-0.2, -0.15) is 0 Å². The maximum atomic E-state index is 12.2. The highest BCUT2D eigenvalue weighted by Gasteiger charge is 2.17. The molecule has 0 radical (unpaired) electrons. The molecule has 5 heteroatoms. The van der Waals surface area contributed by atoms with Crippen molar-refractivity contribution in [3.05, 3.63) is 65.7 Å². The van der Waals surface area contributed by atoms with E-state index in [1.54, 1.807) is 26.2 Å². The number of sulfonamides is 1.